The molecular formula is C18H28N2O. The Kier molecular flexibility index (Phi) is 5.66. The predicted octanol–water partition coefficient (Wildman–Crippen LogP) is 3.84. The van der Waals surface area contributed by atoms with E-state index in [2.05, 4.69) is 12.2 Å². The zero-order chi connectivity index (χ0) is 15.2. The summed E-state index contributed by atoms with van der Waals surface area (Å²) in [6.45, 7) is 2.23. The third-order valence-corrected chi connectivity index (χ3v) is 4.55. The number of hydrogen-bond donors (Lipinski definition) is 1. The highest BCUT2D eigenvalue weighted by Crippen LogP contribution is 2.30. The van der Waals surface area contributed by atoms with Gasteiger partial charge in [0.05, 0.1) is 0 Å². The van der Waals surface area contributed by atoms with Crippen molar-refractivity contribution in [2.24, 2.45) is 5.92 Å². The highest BCUT2D eigenvalue weighted by atomic mass is 16.1. The molecule has 2 atom stereocenters. The second kappa shape index (κ2) is 7.48. The van der Waals surface area contributed by atoms with Crippen molar-refractivity contribution in [2.75, 3.05) is 19.0 Å². The fourth-order valence-corrected chi connectivity index (χ4v) is 3.20. The quantitative estimate of drug-likeness (QED) is 0.862. The van der Waals surface area contributed by atoms with Crippen molar-refractivity contribution in [3.63, 3.8) is 0 Å². The third-order valence-electron chi connectivity index (χ3n) is 4.55. The minimum Gasteiger partial charge on any atom is -0.378 e. The van der Waals surface area contributed by atoms with Crippen LogP contribution in [0.15, 0.2) is 24.3 Å². The number of rotatable bonds is 6. The molecule has 0 aromatic heterocycles. The first-order valence-electron chi connectivity index (χ1n) is 8.20. The SMILES string of the molecule is CCCCC1CCCC1NC(=O)c1ccc(N(C)C)cc1. The first-order valence-corrected chi connectivity index (χ1v) is 8.20. The zero-order valence-corrected chi connectivity index (χ0v) is 13.6. The van der Waals surface area contributed by atoms with Gasteiger partial charge in [-0.3, -0.25) is 4.79 Å². The summed E-state index contributed by atoms with van der Waals surface area (Å²) in [4.78, 5) is 14.4. The van der Waals surface area contributed by atoms with Gasteiger partial charge in [-0.25, -0.2) is 0 Å². The number of benzene rings is 1. The van der Waals surface area contributed by atoms with E-state index < -0.39 is 0 Å². The lowest BCUT2D eigenvalue weighted by molar-refractivity contribution is 0.0926. The van der Waals surface area contributed by atoms with Crippen LogP contribution in [0.5, 0.6) is 0 Å². The minimum absolute atomic E-state index is 0.0775. The number of carbonyl (C=O) groups excluding carboxylic acids is 1. The molecule has 3 heteroatoms. The van der Waals surface area contributed by atoms with Gasteiger partial charge in [-0.15, -0.1) is 0 Å². The molecule has 1 fully saturated rings. The van der Waals surface area contributed by atoms with E-state index in [0.717, 1.165) is 17.7 Å². The molecule has 0 heterocycles. The van der Waals surface area contributed by atoms with Gasteiger partial charge in [0.15, 0.2) is 0 Å². The molecule has 3 nitrogen and oxygen atoms in total. The summed E-state index contributed by atoms with van der Waals surface area (Å²) in [6, 6.07) is 8.20. The van der Waals surface area contributed by atoms with Crippen LogP contribution in [0.25, 0.3) is 0 Å². The maximum atomic E-state index is 12.4. The summed E-state index contributed by atoms with van der Waals surface area (Å²) in [5, 5.41) is 3.25. The van der Waals surface area contributed by atoms with Gasteiger partial charge >= 0.3 is 0 Å². The van der Waals surface area contributed by atoms with Crippen molar-refractivity contribution in [2.45, 2.75) is 51.5 Å². The average Bonchev–Trinajstić information content (AvgIpc) is 2.92. The molecular weight excluding hydrogens is 260 g/mol. The van der Waals surface area contributed by atoms with Gasteiger partial charge in [0, 0.05) is 31.4 Å². The van der Waals surface area contributed by atoms with E-state index in [-0.39, 0.29) is 5.91 Å². The Morgan fingerprint density at radius 2 is 1.95 bits per heavy atom. The van der Waals surface area contributed by atoms with Gasteiger partial charge in [-0.2, -0.15) is 0 Å². The maximum absolute atomic E-state index is 12.4. The van der Waals surface area contributed by atoms with E-state index >= 15 is 0 Å². The fraction of sp³-hybridized carbons (Fsp3) is 0.611. The van der Waals surface area contributed by atoms with Crippen LogP contribution in [0.2, 0.25) is 0 Å². The summed E-state index contributed by atoms with van der Waals surface area (Å²) in [5.41, 5.74) is 1.88. The number of hydrogen-bond acceptors (Lipinski definition) is 2. The van der Waals surface area contributed by atoms with E-state index in [1.807, 2.05) is 43.3 Å². The van der Waals surface area contributed by atoms with Crippen LogP contribution >= 0.6 is 0 Å². The van der Waals surface area contributed by atoms with E-state index in [9.17, 15) is 4.79 Å². The fourth-order valence-electron chi connectivity index (χ4n) is 3.20. The molecule has 1 aliphatic rings. The van der Waals surface area contributed by atoms with E-state index in [1.54, 1.807) is 0 Å². The monoisotopic (exact) mass is 288 g/mol. The highest BCUT2D eigenvalue weighted by molar-refractivity contribution is 5.94. The Morgan fingerprint density at radius 1 is 1.24 bits per heavy atom. The van der Waals surface area contributed by atoms with Crippen LogP contribution < -0.4 is 10.2 Å². The average molecular weight is 288 g/mol. The van der Waals surface area contributed by atoms with Crippen molar-refractivity contribution in [3.05, 3.63) is 29.8 Å². The van der Waals surface area contributed by atoms with Gasteiger partial charge in [0.1, 0.15) is 0 Å². The largest absolute Gasteiger partial charge is 0.378 e. The van der Waals surface area contributed by atoms with Gasteiger partial charge < -0.3 is 10.2 Å². The Morgan fingerprint density at radius 3 is 2.57 bits per heavy atom. The lowest BCUT2D eigenvalue weighted by atomic mass is 9.96. The number of unbranched alkanes of at least 4 members (excludes halogenated alkanes) is 1. The summed E-state index contributed by atoms with van der Waals surface area (Å²) >= 11 is 0. The van der Waals surface area contributed by atoms with Crippen LogP contribution in [-0.2, 0) is 0 Å². The minimum atomic E-state index is 0.0775. The molecule has 0 spiro atoms. The second-order valence-electron chi connectivity index (χ2n) is 6.35. The number of nitrogens with one attached hydrogen (secondary N) is 1. The first kappa shape index (κ1) is 15.9. The standard InChI is InChI=1S/C18H28N2O/c1-4-5-7-14-8-6-9-17(14)19-18(21)15-10-12-16(13-11-15)20(2)3/h10-14,17H,4-9H2,1-3H3,(H,19,21). The molecule has 1 saturated carbocycles. The molecule has 0 saturated heterocycles. The Balaban J connectivity index is 1.94. The zero-order valence-electron chi connectivity index (χ0n) is 13.6. The molecule has 1 aromatic carbocycles. The van der Waals surface area contributed by atoms with Gasteiger partial charge in [-0.1, -0.05) is 26.2 Å². The molecule has 1 aromatic rings. The molecule has 1 N–H and O–H groups in total. The molecule has 2 unspecified atom stereocenters. The Hall–Kier alpha value is -1.51. The molecule has 0 bridgehead atoms. The lowest BCUT2D eigenvalue weighted by Crippen LogP contribution is -2.37. The lowest BCUT2D eigenvalue weighted by Gasteiger charge is -2.21. The topological polar surface area (TPSA) is 32.3 Å². The Bertz CT molecular complexity index is 453. The molecule has 116 valence electrons. The molecule has 1 aliphatic carbocycles. The number of anilines is 1. The molecule has 1 amide bonds. The van der Waals surface area contributed by atoms with Crippen molar-refractivity contribution >= 4 is 11.6 Å². The van der Waals surface area contributed by atoms with E-state index in [0.29, 0.717) is 12.0 Å². The third kappa shape index (κ3) is 4.23. The van der Waals surface area contributed by atoms with Gasteiger partial charge in [0.25, 0.3) is 5.91 Å². The van der Waals surface area contributed by atoms with Gasteiger partial charge in [0.2, 0.25) is 0 Å². The van der Waals surface area contributed by atoms with Crippen LogP contribution in [0, 0.1) is 5.92 Å². The maximum Gasteiger partial charge on any atom is 0.251 e. The molecule has 0 radical (unpaired) electrons. The molecule has 2 rings (SSSR count). The van der Waals surface area contributed by atoms with Crippen LogP contribution in [-0.4, -0.2) is 26.0 Å². The second-order valence-corrected chi connectivity index (χ2v) is 6.35. The van der Waals surface area contributed by atoms with Crippen molar-refractivity contribution in [3.8, 4) is 0 Å². The van der Waals surface area contributed by atoms with E-state index in [4.69, 9.17) is 0 Å². The summed E-state index contributed by atoms with van der Waals surface area (Å²) < 4.78 is 0. The summed E-state index contributed by atoms with van der Waals surface area (Å²) in [7, 11) is 4.01. The van der Waals surface area contributed by atoms with Crippen molar-refractivity contribution in [1.82, 2.24) is 5.32 Å². The number of carbonyl (C=O) groups is 1. The van der Waals surface area contributed by atoms with Crippen LogP contribution in [0.1, 0.15) is 55.8 Å². The van der Waals surface area contributed by atoms with Crippen LogP contribution in [0.3, 0.4) is 0 Å². The van der Waals surface area contributed by atoms with Crippen molar-refractivity contribution in [1.29, 1.82) is 0 Å². The Labute approximate surface area is 128 Å². The highest BCUT2D eigenvalue weighted by Gasteiger charge is 2.28. The predicted molar refractivity (Wildman–Crippen MR) is 88.9 cm³/mol. The number of amides is 1. The van der Waals surface area contributed by atoms with Crippen molar-refractivity contribution < 1.29 is 4.79 Å². The number of nitrogens with zero attached hydrogens (tertiary/aromatic N) is 1. The molecule has 21 heavy (non-hydrogen) atoms. The first-order chi connectivity index (χ1) is 10.1. The van der Waals surface area contributed by atoms with Crippen LogP contribution in [0.4, 0.5) is 5.69 Å². The summed E-state index contributed by atoms with van der Waals surface area (Å²) in [5.74, 6) is 0.753. The summed E-state index contributed by atoms with van der Waals surface area (Å²) in [6.07, 6.45) is 7.41. The molecule has 0 aliphatic heterocycles. The van der Waals surface area contributed by atoms with Gasteiger partial charge in [-0.05, 0) is 49.4 Å². The smallest absolute Gasteiger partial charge is 0.251 e. The normalized spacial score (nSPS) is 21.3. The van der Waals surface area contributed by atoms with E-state index in [1.165, 1.54) is 32.1 Å².